The van der Waals surface area contributed by atoms with Crippen molar-refractivity contribution in [3.63, 3.8) is 0 Å². The molecule has 1 atom stereocenters. The van der Waals surface area contributed by atoms with Crippen LogP contribution in [-0.2, 0) is 28.6 Å². The predicted octanol–water partition coefficient (Wildman–Crippen LogP) is 1.84. The fourth-order valence-electron chi connectivity index (χ4n) is 6.73. The van der Waals surface area contributed by atoms with E-state index in [1.165, 1.54) is 12.1 Å². The summed E-state index contributed by atoms with van der Waals surface area (Å²) in [5.41, 5.74) is 8.77. The summed E-state index contributed by atoms with van der Waals surface area (Å²) < 4.78 is 16.4. The summed E-state index contributed by atoms with van der Waals surface area (Å²) in [6.45, 7) is 6.26. The normalized spacial score (nSPS) is 17.3. The van der Waals surface area contributed by atoms with Crippen molar-refractivity contribution in [2.75, 3.05) is 75.2 Å². The number of hydrogen-bond donors (Lipinski definition) is 5. The van der Waals surface area contributed by atoms with Crippen LogP contribution in [0.2, 0.25) is 0 Å². The Bertz CT molecular complexity index is 1950. The number of nitrogens with one attached hydrogen (secondary N) is 3. The molecule has 4 heterocycles. The average Bonchev–Trinajstić information content (AvgIpc) is 3.43. The van der Waals surface area contributed by atoms with Crippen LogP contribution in [0.4, 0.5) is 17.2 Å². The lowest BCUT2D eigenvalue weighted by molar-refractivity contribution is -0.126. The van der Waals surface area contributed by atoms with E-state index in [9.17, 15) is 29.1 Å². The van der Waals surface area contributed by atoms with Crippen LogP contribution in [0, 0.1) is 5.92 Å². The molecule has 2 fully saturated rings. The summed E-state index contributed by atoms with van der Waals surface area (Å²) in [7, 11) is 0. The molecule has 55 heavy (non-hydrogen) atoms. The molecule has 17 nitrogen and oxygen atoms in total. The maximum absolute atomic E-state index is 13.2. The number of allylic oxidation sites excluding steroid dienone is 1. The molecule has 3 aliphatic heterocycles. The Morgan fingerprint density at radius 1 is 0.909 bits per heavy atom. The van der Waals surface area contributed by atoms with Gasteiger partial charge in [0, 0.05) is 36.8 Å². The highest BCUT2D eigenvalue weighted by molar-refractivity contribution is 6.25. The number of aromatic hydroxyl groups is 1. The number of imide groups is 1. The summed E-state index contributed by atoms with van der Waals surface area (Å²) in [5, 5.41) is 26.6. The van der Waals surface area contributed by atoms with Crippen LogP contribution in [0.15, 0.2) is 60.8 Å². The molecule has 0 aliphatic carbocycles. The van der Waals surface area contributed by atoms with Gasteiger partial charge in [0.1, 0.15) is 18.4 Å². The second kappa shape index (κ2) is 17.9. The smallest absolute Gasteiger partial charge is 0.264 e. The summed E-state index contributed by atoms with van der Waals surface area (Å²) in [4.78, 5) is 67.1. The van der Waals surface area contributed by atoms with E-state index in [1.54, 1.807) is 24.3 Å². The number of hydrogen-bond acceptors (Lipinski definition) is 13. The lowest BCUT2D eigenvalue weighted by Gasteiger charge is -2.33. The summed E-state index contributed by atoms with van der Waals surface area (Å²) in [5.74, 6) is -2.01. The third-order valence-electron chi connectivity index (χ3n) is 9.56. The number of nitrogens with two attached hydrogens (primary N) is 1. The van der Waals surface area contributed by atoms with Gasteiger partial charge in [0.05, 0.1) is 61.2 Å². The molecule has 3 aliphatic rings. The lowest BCUT2D eigenvalue weighted by Crippen LogP contribution is -2.51. The van der Waals surface area contributed by atoms with Crippen LogP contribution in [0.1, 0.15) is 46.4 Å². The van der Waals surface area contributed by atoms with E-state index in [0.717, 1.165) is 10.6 Å². The van der Waals surface area contributed by atoms with Crippen molar-refractivity contribution in [3.8, 4) is 17.0 Å². The Morgan fingerprint density at radius 2 is 1.62 bits per heavy atom. The third-order valence-corrected chi connectivity index (χ3v) is 9.56. The van der Waals surface area contributed by atoms with Gasteiger partial charge in [-0.1, -0.05) is 24.8 Å². The van der Waals surface area contributed by atoms with Gasteiger partial charge in [-0.25, -0.2) is 0 Å². The van der Waals surface area contributed by atoms with Crippen LogP contribution in [0.25, 0.3) is 11.3 Å². The number of carbonyl (C=O) groups excluding carboxylic acids is 5. The number of amides is 5. The molecule has 0 radical (unpaired) electrons. The minimum Gasteiger partial charge on any atom is -0.507 e. The van der Waals surface area contributed by atoms with Crippen molar-refractivity contribution in [1.29, 1.82) is 0 Å². The number of nitrogens with zero attached hydrogens (tertiary/aromatic N) is 4. The number of ether oxygens (including phenoxy) is 3. The molecule has 290 valence electrons. The molecule has 1 aromatic heterocycles. The highest BCUT2D eigenvalue weighted by Gasteiger charge is 2.45. The summed E-state index contributed by atoms with van der Waals surface area (Å²) in [6, 6.07) is 12.3. The first kappa shape index (κ1) is 38.8. The summed E-state index contributed by atoms with van der Waals surface area (Å²) >= 11 is 0. The minimum atomic E-state index is -0.955. The largest absolute Gasteiger partial charge is 0.507 e. The van der Waals surface area contributed by atoms with Crippen LogP contribution in [0.3, 0.4) is 0 Å². The number of phenols is 1. The van der Waals surface area contributed by atoms with Gasteiger partial charge in [-0.05, 0) is 56.0 Å². The molecule has 2 aromatic carbocycles. The highest BCUT2D eigenvalue weighted by Crippen LogP contribution is 2.34. The predicted molar refractivity (Wildman–Crippen MR) is 200 cm³/mol. The van der Waals surface area contributed by atoms with Gasteiger partial charge in [-0.3, -0.25) is 28.9 Å². The zero-order chi connectivity index (χ0) is 38.9. The second-order valence-corrected chi connectivity index (χ2v) is 13.3. The van der Waals surface area contributed by atoms with Crippen LogP contribution in [0.5, 0.6) is 5.75 Å². The van der Waals surface area contributed by atoms with Crippen molar-refractivity contribution in [1.82, 2.24) is 25.7 Å². The van der Waals surface area contributed by atoms with Gasteiger partial charge in [0.2, 0.25) is 17.7 Å². The highest BCUT2D eigenvalue weighted by atomic mass is 16.5. The average molecular weight is 757 g/mol. The van der Waals surface area contributed by atoms with E-state index in [1.807, 2.05) is 12.1 Å². The third kappa shape index (κ3) is 9.25. The molecule has 0 spiro atoms. The van der Waals surface area contributed by atoms with Gasteiger partial charge in [-0.15, -0.1) is 10.2 Å². The Morgan fingerprint density at radius 3 is 2.36 bits per heavy atom. The number of nitrogen functional groups attached to an aromatic ring is 1. The molecule has 5 amide bonds. The minimum absolute atomic E-state index is 0.0319. The number of anilines is 3. The van der Waals surface area contributed by atoms with Crippen LogP contribution >= 0.6 is 0 Å². The number of phenolic OH excluding ortho intramolecular Hbond substituents is 1. The second-order valence-electron chi connectivity index (χ2n) is 13.3. The van der Waals surface area contributed by atoms with E-state index in [-0.39, 0.29) is 67.2 Å². The van der Waals surface area contributed by atoms with E-state index in [4.69, 9.17) is 19.9 Å². The Hall–Kier alpha value is -5.91. The standard InChI is InChI=1S/C38H44N8O9/c1-23-9-10-29(36(50)41-23)46-37(51)26-6-4-7-27(33(26)38(46)52)42-32(48)22-55-20-19-54-18-17-53-16-13-40-35(49)24-11-14-45(15-12-24)30-21-28(43-44-34(30)39)25-5-2-3-8-31(25)47/h2-8,21,24,29,47H,1,9-20,22H2,(H2,39,44)(H,40,49)(H,41,50)(H,42,48). The molecule has 17 heteroatoms. The van der Waals surface area contributed by atoms with Gasteiger partial charge in [0.15, 0.2) is 5.82 Å². The van der Waals surface area contributed by atoms with Crippen LogP contribution < -0.4 is 26.6 Å². The first-order valence-corrected chi connectivity index (χ1v) is 18.1. The number of rotatable bonds is 16. The zero-order valence-electron chi connectivity index (χ0n) is 30.3. The van der Waals surface area contributed by atoms with Crippen LogP contribution in [-0.4, -0.2) is 115 Å². The maximum Gasteiger partial charge on any atom is 0.264 e. The lowest BCUT2D eigenvalue weighted by atomic mass is 9.95. The molecule has 3 aromatic rings. The molecule has 6 N–H and O–H groups in total. The molecule has 2 saturated heterocycles. The van der Waals surface area contributed by atoms with Crippen molar-refractivity contribution in [2.45, 2.75) is 31.7 Å². The van der Waals surface area contributed by atoms with Crippen molar-refractivity contribution < 1.29 is 43.3 Å². The fraction of sp³-hybridized carbons (Fsp3) is 0.395. The molecular formula is C38H44N8O9. The van der Waals surface area contributed by atoms with Gasteiger partial charge in [0.25, 0.3) is 11.8 Å². The Labute approximate surface area is 317 Å². The zero-order valence-corrected chi connectivity index (χ0v) is 30.3. The fourth-order valence-corrected chi connectivity index (χ4v) is 6.73. The Balaban J connectivity index is 0.813. The number of aromatic nitrogens is 2. The monoisotopic (exact) mass is 756 g/mol. The Kier molecular flexibility index (Phi) is 12.7. The van der Waals surface area contributed by atoms with Gasteiger partial charge in [-0.2, -0.15) is 0 Å². The summed E-state index contributed by atoms with van der Waals surface area (Å²) in [6.07, 6.45) is 2.00. The van der Waals surface area contributed by atoms with Gasteiger partial charge >= 0.3 is 0 Å². The topological polar surface area (TPSA) is 228 Å². The number of benzene rings is 2. The molecule has 0 saturated carbocycles. The molecule has 0 bridgehead atoms. The van der Waals surface area contributed by atoms with Crippen molar-refractivity contribution in [3.05, 3.63) is 71.9 Å². The SMILES string of the molecule is C=C1CCC(N2C(=O)c3cccc(NC(=O)COCCOCCOCCNC(=O)C4CCN(c5cc(-c6ccccc6O)nnc5N)CC4)c3C2=O)C(=O)N1. The quantitative estimate of drug-likeness (QED) is 0.104. The molecule has 1 unspecified atom stereocenters. The number of para-hydroxylation sites is 1. The molecular weight excluding hydrogens is 712 g/mol. The number of carbonyl (C=O) groups is 5. The van der Waals surface area contributed by atoms with E-state index in [2.05, 4.69) is 37.6 Å². The number of fused-ring (bicyclic) bond motifs is 1. The van der Waals surface area contributed by atoms with Crippen molar-refractivity contribution in [2.24, 2.45) is 5.92 Å². The molecule has 6 rings (SSSR count). The first-order chi connectivity index (χ1) is 26.6. The van der Waals surface area contributed by atoms with Gasteiger partial charge < -0.3 is 45.9 Å². The van der Waals surface area contributed by atoms with E-state index in [0.29, 0.717) is 74.9 Å². The van der Waals surface area contributed by atoms with E-state index < -0.39 is 29.7 Å². The van der Waals surface area contributed by atoms with E-state index >= 15 is 0 Å². The van der Waals surface area contributed by atoms with Crippen molar-refractivity contribution >= 4 is 46.7 Å². The first-order valence-electron chi connectivity index (χ1n) is 18.1. The number of piperidine rings is 2. The maximum atomic E-state index is 13.2.